The van der Waals surface area contributed by atoms with E-state index in [4.69, 9.17) is 4.74 Å². The van der Waals surface area contributed by atoms with E-state index in [9.17, 15) is 12.9 Å². The summed E-state index contributed by atoms with van der Waals surface area (Å²) in [6, 6.07) is 13.1. The van der Waals surface area contributed by atoms with Crippen LogP contribution in [0.3, 0.4) is 0 Å². The van der Waals surface area contributed by atoms with Crippen molar-refractivity contribution < 1.29 is 17.7 Å². The number of rotatable bonds is 0. The summed E-state index contributed by atoms with van der Waals surface area (Å²) < 4.78 is 33.9. The minimum absolute atomic E-state index is 1.00. The van der Waals surface area contributed by atoms with Crippen molar-refractivity contribution in [2.45, 2.75) is 54.4 Å². The third-order valence-corrected chi connectivity index (χ3v) is 3.56. The van der Waals surface area contributed by atoms with Gasteiger partial charge in [-0.3, -0.25) is 12.9 Å². The number of ether oxygens (including phenoxy) is 1. The molecule has 2 aromatic carbocycles. The van der Waals surface area contributed by atoms with Gasteiger partial charge in [0.05, 0.1) is 0 Å². The topological polar surface area (TPSA) is 9.23 Å². The minimum Gasteiger partial charge on any atom is -0.381 e. The van der Waals surface area contributed by atoms with Crippen LogP contribution in [0.25, 0.3) is 0 Å². The Labute approximate surface area is 163 Å². The molecule has 27 heavy (non-hydrogen) atoms. The maximum absolute atomic E-state index is 9.67. The molecule has 3 rings (SSSR count). The molecular weight excluding hydrogens is 348 g/mol. The van der Waals surface area contributed by atoms with Crippen molar-refractivity contribution >= 4 is 7.54 Å². The fourth-order valence-corrected chi connectivity index (χ4v) is 2.92. The van der Waals surface area contributed by atoms with Gasteiger partial charge in [-0.25, -0.2) is 0 Å². The lowest BCUT2D eigenvalue weighted by Gasteiger charge is -1.96. The molecule has 0 atom stereocenters. The van der Waals surface area contributed by atoms with Crippen LogP contribution >= 0.6 is 0 Å². The van der Waals surface area contributed by atoms with Gasteiger partial charge in [0.15, 0.2) is 0 Å². The summed E-state index contributed by atoms with van der Waals surface area (Å²) in [6.45, 7) is 14.8. The van der Waals surface area contributed by atoms with Crippen LogP contribution in [0.4, 0.5) is 12.9 Å². The average molecular weight is 380 g/mol. The minimum atomic E-state index is -3.67. The largest absolute Gasteiger partial charge is 0.762 e. The molecule has 0 aliphatic carbocycles. The molecule has 0 unspecified atom stereocenters. The monoisotopic (exact) mass is 380 g/mol. The van der Waals surface area contributed by atoms with Crippen LogP contribution in [0.15, 0.2) is 36.4 Å². The zero-order chi connectivity index (χ0) is 20.8. The van der Waals surface area contributed by atoms with Crippen molar-refractivity contribution in [3.05, 3.63) is 69.8 Å². The van der Waals surface area contributed by atoms with Crippen LogP contribution in [0.5, 0.6) is 0 Å². The first-order chi connectivity index (χ1) is 12.6. The Morgan fingerprint density at radius 1 is 0.556 bits per heavy atom. The fraction of sp³-hybridized carbons (Fsp3) is 0.455. The average Bonchev–Trinajstić information content (AvgIpc) is 3.03. The molecule has 150 valence electrons. The highest BCUT2D eigenvalue weighted by molar-refractivity contribution is 6.33. The van der Waals surface area contributed by atoms with Gasteiger partial charge in [0, 0.05) is 13.2 Å². The zero-order valence-electron chi connectivity index (χ0n) is 17.4. The molecule has 0 N–H and O–H groups in total. The van der Waals surface area contributed by atoms with E-state index in [0.717, 1.165) is 13.2 Å². The van der Waals surface area contributed by atoms with Crippen molar-refractivity contribution in [1.29, 1.82) is 0 Å². The van der Waals surface area contributed by atoms with Gasteiger partial charge < -0.3 is 4.74 Å². The lowest BCUT2D eigenvalue weighted by Crippen LogP contribution is -1.78. The Bertz CT molecular complexity index is 495. The van der Waals surface area contributed by atoms with E-state index in [1.165, 1.54) is 46.2 Å². The second-order valence-electron chi connectivity index (χ2n) is 6.90. The number of hydrogen-bond acceptors (Lipinski definition) is 1. The molecule has 0 saturated carbocycles. The molecule has 2 aromatic rings. The molecular formula is C22H32BF3O. The maximum Gasteiger partial charge on any atom is 0.762 e. The van der Waals surface area contributed by atoms with Crippen LogP contribution in [-0.4, -0.2) is 20.8 Å². The summed E-state index contributed by atoms with van der Waals surface area (Å²) in [7, 11) is -3.67. The molecule has 1 aliphatic heterocycles. The van der Waals surface area contributed by atoms with Gasteiger partial charge in [0.2, 0.25) is 0 Å². The lowest BCUT2D eigenvalue weighted by atomic mass is 10.1. The number of hydrogen-bond donors (Lipinski definition) is 0. The number of aryl methyl sites for hydroxylation is 6. The van der Waals surface area contributed by atoms with E-state index in [0.29, 0.717) is 0 Å². The van der Waals surface area contributed by atoms with Gasteiger partial charge in [-0.05, 0) is 54.4 Å². The van der Waals surface area contributed by atoms with Crippen LogP contribution in [0.1, 0.15) is 46.2 Å². The molecule has 1 nitrogen and oxygen atoms in total. The molecule has 0 radical (unpaired) electrons. The van der Waals surface area contributed by atoms with Gasteiger partial charge in [0.25, 0.3) is 0 Å². The molecule has 1 fully saturated rings. The van der Waals surface area contributed by atoms with Crippen LogP contribution in [0, 0.1) is 41.5 Å². The van der Waals surface area contributed by atoms with Crippen molar-refractivity contribution in [2.75, 3.05) is 13.2 Å². The Morgan fingerprint density at radius 3 is 0.852 bits per heavy atom. The number of benzene rings is 2. The van der Waals surface area contributed by atoms with Crippen molar-refractivity contribution in [2.24, 2.45) is 0 Å². The highest BCUT2D eigenvalue weighted by Crippen LogP contribution is 2.07. The normalized spacial score (nSPS) is 11.9. The van der Waals surface area contributed by atoms with Gasteiger partial charge in [-0.1, -0.05) is 69.8 Å². The fourth-order valence-electron chi connectivity index (χ4n) is 2.92. The van der Waals surface area contributed by atoms with Gasteiger partial charge in [-0.2, -0.15) is 0 Å². The molecule has 1 aliphatic rings. The summed E-state index contributed by atoms with van der Waals surface area (Å²) in [5.74, 6) is 0. The smallest absolute Gasteiger partial charge is 0.381 e. The summed E-state index contributed by atoms with van der Waals surface area (Å²) in [4.78, 5) is 0. The molecule has 5 heteroatoms. The molecule has 1 heterocycles. The first-order valence-corrected chi connectivity index (χ1v) is 9.20. The van der Waals surface area contributed by atoms with Crippen molar-refractivity contribution in [3.8, 4) is 0 Å². The third kappa shape index (κ3) is 16.2. The molecule has 0 amide bonds. The van der Waals surface area contributed by atoms with E-state index in [1.807, 2.05) is 0 Å². The Hall–Kier alpha value is -1.75. The quantitative estimate of drug-likeness (QED) is 0.452. The standard InChI is InChI=1S/2C9H12.C4H8O.BF3/c2*1-7-4-8(2)6-9(3)5-7;1-2-4-5-3-1;2-1(3)4/h2*4-6H,1-3H3;1-4H2;. The van der Waals surface area contributed by atoms with Gasteiger partial charge in [-0.15, -0.1) is 0 Å². The third-order valence-electron chi connectivity index (χ3n) is 3.56. The van der Waals surface area contributed by atoms with Crippen molar-refractivity contribution in [3.63, 3.8) is 0 Å². The second kappa shape index (κ2) is 14.3. The molecule has 0 aromatic heterocycles. The second-order valence-corrected chi connectivity index (χ2v) is 6.90. The van der Waals surface area contributed by atoms with Crippen LogP contribution in [0.2, 0.25) is 0 Å². The Morgan fingerprint density at radius 2 is 0.741 bits per heavy atom. The first-order valence-electron chi connectivity index (χ1n) is 9.20. The molecule has 1 saturated heterocycles. The number of halogens is 3. The highest BCUT2D eigenvalue weighted by Gasteiger charge is 2.06. The van der Waals surface area contributed by atoms with E-state index < -0.39 is 7.54 Å². The van der Waals surface area contributed by atoms with E-state index in [1.54, 1.807) is 0 Å². The predicted octanol–water partition coefficient (Wildman–Crippen LogP) is 6.90. The van der Waals surface area contributed by atoms with E-state index >= 15 is 0 Å². The summed E-state index contributed by atoms with van der Waals surface area (Å²) >= 11 is 0. The van der Waals surface area contributed by atoms with Crippen molar-refractivity contribution in [1.82, 2.24) is 0 Å². The van der Waals surface area contributed by atoms with Crippen LogP contribution < -0.4 is 0 Å². The van der Waals surface area contributed by atoms with Gasteiger partial charge in [0.1, 0.15) is 0 Å². The SMILES string of the molecule is C1CCOC1.Cc1cc(C)cc(C)c1.Cc1cc(C)cc(C)c1.FB(F)F. The Kier molecular flexibility index (Phi) is 13.4. The lowest BCUT2D eigenvalue weighted by molar-refractivity contribution is 0.198. The van der Waals surface area contributed by atoms with E-state index in [-0.39, 0.29) is 0 Å². The molecule has 0 bridgehead atoms. The molecule has 0 spiro atoms. The highest BCUT2D eigenvalue weighted by atomic mass is 19.4. The summed E-state index contributed by atoms with van der Waals surface area (Å²) in [5, 5.41) is 0. The summed E-state index contributed by atoms with van der Waals surface area (Å²) in [5.41, 5.74) is 8.13. The zero-order valence-corrected chi connectivity index (χ0v) is 17.4. The summed E-state index contributed by atoms with van der Waals surface area (Å²) in [6.07, 6.45) is 2.56. The van der Waals surface area contributed by atoms with Gasteiger partial charge >= 0.3 is 7.54 Å². The van der Waals surface area contributed by atoms with Crippen LogP contribution in [-0.2, 0) is 4.74 Å². The Balaban J connectivity index is 0.000000353. The first kappa shape index (κ1) is 25.3. The predicted molar refractivity (Wildman–Crippen MR) is 110 cm³/mol. The maximum atomic E-state index is 9.67. The van der Waals surface area contributed by atoms with E-state index in [2.05, 4.69) is 77.9 Å².